The Hall–Kier alpha value is -4.76. The lowest BCUT2D eigenvalue weighted by Gasteiger charge is -2.39. The number of piperidine rings is 1. The molecule has 3 atom stereocenters. The van der Waals surface area contributed by atoms with Crippen LogP contribution in [0.15, 0.2) is 47.4 Å². The zero-order chi connectivity index (χ0) is 34.2. The van der Waals surface area contributed by atoms with E-state index in [0.717, 1.165) is 23.8 Å². The Labute approximate surface area is 281 Å². The summed E-state index contributed by atoms with van der Waals surface area (Å²) in [6.07, 6.45) is 1.48. The Bertz CT molecular complexity index is 2150. The maximum absolute atomic E-state index is 14.4. The Kier molecular flexibility index (Phi) is 7.33. The van der Waals surface area contributed by atoms with Gasteiger partial charge in [0.1, 0.15) is 12.3 Å². The number of carbonyl (C=O) groups is 2. The average molecular weight is 696 g/mol. The number of alkyl halides is 3. The number of pyridine rings is 1. The third-order valence-corrected chi connectivity index (χ3v) is 10.5. The number of rotatable bonds is 5. The van der Waals surface area contributed by atoms with Crippen LogP contribution in [0.5, 0.6) is 5.75 Å². The highest BCUT2D eigenvalue weighted by Crippen LogP contribution is 2.60. The van der Waals surface area contributed by atoms with E-state index in [1.165, 1.54) is 16.8 Å². The zero-order valence-electron chi connectivity index (χ0n) is 25.8. The third-order valence-electron chi connectivity index (χ3n) is 10.2. The number of aromatic hydroxyl groups is 1. The molecular formula is C33H29ClF3N7O5. The summed E-state index contributed by atoms with van der Waals surface area (Å²) in [5.41, 5.74) is 0.132. The predicted octanol–water partition coefficient (Wildman–Crippen LogP) is 4.22. The molecule has 2 N–H and O–H groups in total. The summed E-state index contributed by atoms with van der Waals surface area (Å²) in [4.78, 5) is 51.8. The van der Waals surface area contributed by atoms with Crippen molar-refractivity contribution in [1.82, 2.24) is 29.0 Å². The number of fused-ring (bicyclic) bond motifs is 5. The number of carbonyl (C=O) groups excluding carboxylic acids is 2. The second-order valence-corrected chi connectivity index (χ2v) is 13.2. The largest absolute Gasteiger partial charge is 0.505 e. The first-order valence-corrected chi connectivity index (χ1v) is 16.3. The quantitative estimate of drug-likeness (QED) is 0.316. The number of anilines is 1. The van der Waals surface area contributed by atoms with Crippen LogP contribution in [0, 0.1) is 5.92 Å². The van der Waals surface area contributed by atoms with E-state index >= 15 is 0 Å². The Morgan fingerprint density at radius 3 is 2.76 bits per heavy atom. The van der Waals surface area contributed by atoms with Crippen LogP contribution in [0.25, 0.3) is 11.4 Å². The Morgan fingerprint density at radius 2 is 2.02 bits per heavy atom. The van der Waals surface area contributed by atoms with Gasteiger partial charge in [0.05, 0.1) is 29.5 Å². The van der Waals surface area contributed by atoms with E-state index in [4.69, 9.17) is 21.3 Å². The van der Waals surface area contributed by atoms with Crippen molar-refractivity contribution >= 4 is 40.5 Å². The number of nitrogens with zero attached hydrogens (tertiary/aromatic N) is 6. The van der Waals surface area contributed by atoms with Crippen molar-refractivity contribution < 1.29 is 32.6 Å². The van der Waals surface area contributed by atoms with Crippen molar-refractivity contribution in [1.29, 1.82) is 0 Å². The van der Waals surface area contributed by atoms with Crippen molar-refractivity contribution in [2.75, 3.05) is 25.1 Å². The Balaban J connectivity index is 1.16. The van der Waals surface area contributed by atoms with Gasteiger partial charge in [-0.05, 0) is 73.9 Å². The van der Waals surface area contributed by atoms with E-state index in [9.17, 15) is 32.7 Å². The standard InChI is InChI=1S/C33H29ClF3N7O5/c34-20-14-18(33(35,36)37)3-4-21(20)39-25(46)16-43-22-5-8-32(9-11-42(23-15-19(23)32)30(48)27-24(45)2-1-10-38-27)26(22)29(47)44-31(43)40-28(41-44)17-6-12-49-13-7-17/h1-4,6,10,14,19,23,45H,5,7-9,11-13,15-16H2,(H,39,46)/t19-,23+,32+/m1/s1. The molecule has 4 aliphatic rings. The molecule has 2 fully saturated rings. The summed E-state index contributed by atoms with van der Waals surface area (Å²) in [5.74, 6) is -0.655. The van der Waals surface area contributed by atoms with Crippen LogP contribution in [0.4, 0.5) is 18.9 Å². The van der Waals surface area contributed by atoms with E-state index < -0.39 is 23.1 Å². The lowest BCUT2D eigenvalue weighted by atomic mass is 9.73. The molecule has 1 spiro atoms. The Morgan fingerprint density at radius 1 is 1.18 bits per heavy atom. The number of hydrogen-bond donors (Lipinski definition) is 2. The molecule has 12 nitrogen and oxygen atoms in total. The molecule has 1 saturated heterocycles. The van der Waals surface area contributed by atoms with E-state index in [-0.39, 0.29) is 57.9 Å². The molecule has 0 bridgehead atoms. The monoisotopic (exact) mass is 695 g/mol. The summed E-state index contributed by atoms with van der Waals surface area (Å²) in [6, 6.07) is 5.50. The molecule has 254 valence electrons. The molecule has 2 aliphatic heterocycles. The van der Waals surface area contributed by atoms with Gasteiger partial charge in [-0.15, -0.1) is 5.10 Å². The fourth-order valence-corrected chi connectivity index (χ4v) is 8.07. The van der Waals surface area contributed by atoms with Gasteiger partial charge in [0.25, 0.3) is 11.5 Å². The molecule has 8 rings (SSSR count). The molecule has 1 saturated carbocycles. The SMILES string of the molecule is O=C(Cn1c2c(c(=O)n3nc(C4=CCOCC4)nc13)[C@@]1(CC2)CCN(C(=O)c2ncccc2O)[C@H]2C[C@H]21)Nc1ccc(C(F)(F)F)cc1Cl. The second-order valence-electron chi connectivity index (χ2n) is 12.8. The van der Waals surface area contributed by atoms with Gasteiger partial charge in [0.15, 0.2) is 11.5 Å². The molecule has 4 aromatic rings. The highest BCUT2D eigenvalue weighted by atomic mass is 35.5. The summed E-state index contributed by atoms with van der Waals surface area (Å²) in [7, 11) is 0. The molecule has 0 unspecified atom stereocenters. The highest BCUT2D eigenvalue weighted by molar-refractivity contribution is 6.33. The molecule has 2 amide bonds. The number of amides is 2. The van der Waals surface area contributed by atoms with Gasteiger partial charge < -0.3 is 24.6 Å². The first-order valence-electron chi connectivity index (χ1n) is 15.9. The molecule has 1 aromatic carbocycles. The number of likely N-dealkylation sites (tertiary alicyclic amines) is 1. The smallest absolute Gasteiger partial charge is 0.416 e. The predicted molar refractivity (Wildman–Crippen MR) is 169 cm³/mol. The first-order chi connectivity index (χ1) is 23.5. The molecule has 3 aromatic heterocycles. The lowest BCUT2D eigenvalue weighted by Crippen LogP contribution is -2.48. The van der Waals surface area contributed by atoms with Crippen LogP contribution in [-0.2, 0) is 34.1 Å². The molecule has 49 heavy (non-hydrogen) atoms. The highest BCUT2D eigenvalue weighted by Gasteiger charge is 2.63. The maximum atomic E-state index is 14.4. The molecular weight excluding hydrogens is 667 g/mol. The summed E-state index contributed by atoms with van der Waals surface area (Å²) in [6.45, 7) is 0.877. The minimum absolute atomic E-state index is 0.0103. The van der Waals surface area contributed by atoms with Crippen molar-refractivity contribution in [3.63, 3.8) is 0 Å². The van der Waals surface area contributed by atoms with E-state index in [1.807, 2.05) is 6.08 Å². The van der Waals surface area contributed by atoms with Gasteiger partial charge in [-0.25, -0.2) is 4.98 Å². The summed E-state index contributed by atoms with van der Waals surface area (Å²) in [5, 5.41) is 17.2. The molecule has 2 aliphatic carbocycles. The third kappa shape index (κ3) is 5.17. The number of hydrogen-bond acceptors (Lipinski definition) is 8. The van der Waals surface area contributed by atoms with Crippen LogP contribution in [0.2, 0.25) is 5.02 Å². The average Bonchev–Trinajstić information content (AvgIpc) is 3.62. The van der Waals surface area contributed by atoms with Crippen molar-refractivity contribution in [3.8, 4) is 5.75 Å². The van der Waals surface area contributed by atoms with Crippen LogP contribution in [0.1, 0.15) is 58.8 Å². The first kappa shape index (κ1) is 31.5. The number of nitrogens with one attached hydrogen (secondary N) is 1. The summed E-state index contributed by atoms with van der Waals surface area (Å²) < 4.78 is 47.9. The van der Waals surface area contributed by atoms with Gasteiger partial charge in [-0.1, -0.05) is 17.7 Å². The minimum atomic E-state index is -4.60. The number of ether oxygens (including phenoxy) is 1. The van der Waals surface area contributed by atoms with E-state index in [0.29, 0.717) is 68.9 Å². The van der Waals surface area contributed by atoms with E-state index in [1.54, 1.807) is 15.5 Å². The van der Waals surface area contributed by atoms with Gasteiger partial charge in [0.2, 0.25) is 11.7 Å². The number of halogens is 4. The van der Waals surface area contributed by atoms with Crippen LogP contribution in [0.3, 0.4) is 0 Å². The topological polar surface area (TPSA) is 144 Å². The van der Waals surface area contributed by atoms with Crippen molar-refractivity contribution in [3.05, 3.63) is 86.3 Å². The normalized spacial score (nSPS) is 22.9. The lowest BCUT2D eigenvalue weighted by molar-refractivity contribution is -0.137. The van der Waals surface area contributed by atoms with Crippen LogP contribution >= 0.6 is 11.6 Å². The number of aromatic nitrogens is 5. The fraction of sp³-hybridized carbons (Fsp3) is 0.394. The van der Waals surface area contributed by atoms with Crippen LogP contribution in [-0.4, -0.2) is 71.8 Å². The fourth-order valence-electron chi connectivity index (χ4n) is 7.85. The van der Waals surface area contributed by atoms with Gasteiger partial charge >= 0.3 is 6.18 Å². The maximum Gasteiger partial charge on any atom is 0.416 e. The summed E-state index contributed by atoms with van der Waals surface area (Å²) >= 11 is 6.13. The van der Waals surface area contributed by atoms with Gasteiger partial charge in [-0.3, -0.25) is 14.4 Å². The second kappa shape index (κ2) is 11.4. The molecule has 0 radical (unpaired) electrons. The van der Waals surface area contributed by atoms with Crippen molar-refractivity contribution in [2.24, 2.45) is 5.92 Å². The zero-order valence-corrected chi connectivity index (χ0v) is 26.6. The number of benzene rings is 1. The van der Waals surface area contributed by atoms with Gasteiger partial charge in [0, 0.05) is 35.5 Å². The molecule has 5 heterocycles. The van der Waals surface area contributed by atoms with Crippen molar-refractivity contribution in [2.45, 2.75) is 56.3 Å². The minimum Gasteiger partial charge on any atom is -0.505 e. The van der Waals surface area contributed by atoms with Crippen LogP contribution < -0.4 is 10.9 Å². The van der Waals surface area contributed by atoms with Gasteiger partial charge in [-0.2, -0.15) is 22.7 Å². The molecule has 16 heteroatoms. The van der Waals surface area contributed by atoms with E-state index in [2.05, 4.69) is 15.4 Å².